The van der Waals surface area contributed by atoms with Gasteiger partial charge in [0.25, 0.3) is 0 Å². The van der Waals surface area contributed by atoms with E-state index in [0.29, 0.717) is 25.6 Å². The first kappa shape index (κ1) is 23.5. The number of sulfonamides is 1. The number of likely N-dealkylation sites (N-methyl/N-ethyl adjacent to an activating group) is 1. The van der Waals surface area contributed by atoms with Crippen LogP contribution in [0.2, 0.25) is 0 Å². The van der Waals surface area contributed by atoms with E-state index in [1.54, 1.807) is 7.11 Å². The van der Waals surface area contributed by atoms with Crippen molar-refractivity contribution in [2.45, 2.75) is 23.0 Å². The topological polar surface area (TPSA) is 87.2 Å². The number of carbonyl (C=O) groups is 1. The van der Waals surface area contributed by atoms with E-state index < -0.39 is 28.0 Å². The minimum Gasteiger partial charge on any atom is -0.475 e. The molecule has 1 atom stereocenters. The first-order valence-corrected chi connectivity index (χ1v) is 10.0. The number of carboxylic acids is 1. The summed E-state index contributed by atoms with van der Waals surface area (Å²) in [4.78, 5) is 11.3. The molecule has 2 saturated heterocycles. The molecular weight excluding hydrogens is 420 g/mol. The molecule has 2 fully saturated rings. The lowest BCUT2D eigenvalue weighted by atomic mass is 9.87. The molecule has 0 radical (unpaired) electrons. The van der Waals surface area contributed by atoms with Gasteiger partial charge in [0.05, 0.1) is 11.5 Å². The van der Waals surface area contributed by atoms with Crippen molar-refractivity contribution in [3.8, 4) is 0 Å². The van der Waals surface area contributed by atoms with Gasteiger partial charge in [0.2, 0.25) is 10.0 Å². The Bertz CT molecular complexity index is 823. The van der Waals surface area contributed by atoms with Gasteiger partial charge in [0, 0.05) is 32.3 Å². The zero-order valence-corrected chi connectivity index (χ0v) is 16.6. The molecule has 1 aromatic carbocycles. The van der Waals surface area contributed by atoms with Crippen LogP contribution < -0.4 is 0 Å². The van der Waals surface area contributed by atoms with E-state index in [9.17, 15) is 26.0 Å². The van der Waals surface area contributed by atoms with Gasteiger partial charge in [-0.1, -0.05) is 0 Å². The maximum atomic E-state index is 13.0. The molecule has 0 bridgehead atoms. The molecule has 29 heavy (non-hydrogen) atoms. The lowest BCUT2D eigenvalue weighted by Gasteiger charge is -2.50. The van der Waals surface area contributed by atoms with E-state index >= 15 is 0 Å². The molecule has 0 aliphatic carbocycles. The van der Waals surface area contributed by atoms with Gasteiger partial charge < -0.3 is 9.84 Å². The summed E-state index contributed by atoms with van der Waals surface area (Å²) >= 11 is 0. The summed E-state index contributed by atoms with van der Waals surface area (Å²) < 4.78 is 76.5. The third kappa shape index (κ3) is 5.24. The first-order chi connectivity index (χ1) is 13.3. The van der Waals surface area contributed by atoms with Crippen molar-refractivity contribution in [3.63, 3.8) is 0 Å². The van der Waals surface area contributed by atoms with Gasteiger partial charge in [-0.15, -0.1) is 0 Å². The van der Waals surface area contributed by atoms with Crippen molar-refractivity contribution >= 4 is 16.0 Å². The van der Waals surface area contributed by atoms with Crippen molar-refractivity contribution in [1.82, 2.24) is 9.21 Å². The molecule has 1 spiro atoms. The number of benzene rings is 1. The second kappa shape index (κ2) is 8.54. The van der Waals surface area contributed by atoms with Gasteiger partial charge in [-0.3, -0.25) is 4.90 Å². The SMILES string of the molecule is COCC1CN(C)C2(C1)CN(S(=O)(=O)c1ccc(F)cc1)C2.O=C(O)C(F)(F)F. The highest BCUT2D eigenvalue weighted by atomic mass is 32.2. The highest BCUT2D eigenvalue weighted by Crippen LogP contribution is 2.41. The van der Waals surface area contributed by atoms with Gasteiger partial charge in [0.15, 0.2) is 0 Å². The number of carboxylic acid groups (broad SMARTS) is 1. The minimum atomic E-state index is -5.08. The number of alkyl halides is 3. The molecular formula is C17H22F4N2O5S. The van der Waals surface area contributed by atoms with Gasteiger partial charge >= 0.3 is 12.1 Å². The summed E-state index contributed by atoms with van der Waals surface area (Å²) in [6.45, 7) is 2.61. The summed E-state index contributed by atoms with van der Waals surface area (Å²) in [6, 6.07) is 5.00. The summed E-state index contributed by atoms with van der Waals surface area (Å²) in [6.07, 6.45) is -4.13. The highest BCUT2D eigenvalue weighted by Gasteiger charge is 2.55. The quantitative estimate of drug-likeness (QED) is 0.716. The number of hydrogen-bond acceptors (Lipinski definition) is 5. The van der Waals surface area contributed by atoms with Gasteiger partial charge in [-0.25, -0.2) is 17.6 Å². The van der Waals surface area contributed by atoms with Crippen LogP contribution in [0.4, 0.5) is 17.6 Å². The predicted octanol–water partition coefficient (Wildman–Crippen LogP) is 1.80. The fourth-order valence-corrected chi connectivity index (χ4v) is 5.19. The number of aliphatic carboxylic acids is 1. The predicted molar refractivity (Wildman–Crippen MR) is 94.2 cm³/mol. The van der Waals surface area contributed by atoms with Crippen LogP contribution >= 0.6 is 0 Å². The Morgan fingerprint density at radius 2 is 1.79 bits per heavy atom. The number of methoxy groups -OCH3 is 1. The molecule has 0 aromatic heterocycles. The molecule has 2 aliphatic rings. The van der Waals surface area contributed by atoms with Crippen LogP contribution in [0, 0.1) is 11.7 Å². The first-order valence-electron chi connectivity index (χ1n) is 8.58. The Morgan fingerprint density at radius 1 is 1.28 bits per heavy atom. The van der Waals surface area contributed by atoms with E-state index in [1.807, 2.05) is 7.05 Å². The second-order valence-corrected chi connectivity index (χ2v) is 9.10. The van der Waals surface area contributed by atoms with Crippen LogP contribution in [0.15, 0.2) is 29.2 Å². The minimum absolute atomic E-state index is 0.0731. The van der Waals surface area contributed by atoms with E-state index in [4.69, 9.17) is 14.6 Å². The Morgan fingerprint density at radius 3 is 2.24 bits per heavy atom. The average molecular weight is 442 g/mol. The largest absolute Gasteiger partial charge is 0.490 e. The fraction of sp³-hybridized carbons (Fsp3) is 0.588. The van der Waals surface area contributed by atoms with Crippen molar-refractivity contribution in [3.05, 3.63) is 30.1 Å². The van der Waals surface area contributed by atoms with E-state index in [2.05, 4.69) is 4.90 Å². The summed E-state index contributed by atoms with van der Waals surface area (Å²) in [5.74, 6) is -2.74. The Labute approximate surface area is 165 Å². The summed E-state index contributed by atoms with van der Waals surface area (Å²) in [7, 11) is 0.204. The molecule has 0 saturated carbocycles. The molecule has 1 N–H and O–H groups in total. The van der Waals surface area contributed by atoms with Crippen LogP contribution in [0.5, 0.6) is 0 Å². The van der Waals surface area contributed by atoms with Crippen LogP contribution in [-0.4, -0.2) is 80.8 Å². The Balaban J connectivity index is 0.000000370. The van der Waals surface area contributed by atoms with Crippen molar-refractivity contribution < 1.29 is 40.6 Å². The van der Waals surface area contributed by atoms with Crippen LogP contribution in [0.25, 0.3) is 0 Å². The second-order valence-electron chi connectivity index (χ2n) is 7.16. The van der Waals surface area contributed by atoms with Crippen LogP contribution in [0.1, 0.15) is 6.42 Å². The highest BCUT2D eigenvalue weighted by molar-refractivity contribution is 7.89. The van der Waals surface area contributed by atoms with E-state index in [1.165, 1.54) is 28.6 Å². The molecule has 1 aromatic rings. The van der Waals surface area contributed by atoms with Crippen LogP contribution in [-0.2, 0) is 19.6 Å². The standard InChI is InChI=1S/C15H21FN2O3S.C2HF3O2/c1-17-8-12(9-21-2)7-15(17)10-18(11-15)22(19,20)14-5-3-13(16)4-6-14;3-2(4,5)1(6)7/h3-6,12H,7-11H2,1-2H3;(H,6,7). The molecule has 2 aliphatic heterocycles. The average Bonchev–Trinajstić information content (AvgIpc) is 2.90. The van der Waals surface area contributed by atoms with Crippen molar-refractivity contribution in [2.24, 2.45) is 5.92 Å². The van der Waals surface area contributed by atoms with Gasteiger partial charge in [0.1, 0.15) is 5.82 Å². The van der Waals surface area contributed by atoms with Gasteiger partial charge in [-0.2, -0.15) is 17.5 Å². The number of nitrogens with zero attached hydrogens (tertiary/aromatic N) is 2. The molecule has 7 nitrogen and oxygen atoms in total. The fourth-order valence-electron chi connectivity index (χ4n) is 3.59. The van der Waals surface area contributed by atoms with Crippen LogP contribution in [0.3, 0.4) is 0 Å². The lowest BCUT2D eigenvalue weighted by molar-refractivity contribution is -0.192. The molecule has 2 heterocycles. The van der Waals surface area contributed by atoms with Gasteiger partial charge in [-0.05, 0) is 43.7 Å². The van der Waals surface area contributed by atoms with E-state index in [-0.39, 0.29) is 10.4 Å². The third-order valence-electron chi connectivity index (χ3n) is 5.05. The Kier molecular flexibility index (Phi) is 6.93. The number of likely N-dealkylation sites (tertiary alicyclic amines) is 1. The normalized spacial score (nSPS) is 22.1. The number of rotatable bonds is 4. The maximum Gasteiger partial charge on any atom is 0.490 e. The van der Waals surface area contributed by atoms with Crippen molar-refractivity contribution in [1.29, 1.82) is 0 Å². The molecule has 3 rings (SSSR count). The molecule has 1 unspecified atom stereocenters. The monoisotopic (exact) mass is 442 g/mol. The Hall–Kier alpha value is -1.76. The van der Waals surface area contributed by atoms with Crippen molar-refractivity contribution in [2.75, 3.05) is 40.4 Å². The molecule has 0 amide bonds. The molecule has 164 valence electrons. The zero-order chi connectivity index (χ0) is 22.0. The molecule has 12 heteroatoms. The van der Waals surface area contributed by atoms with E-state index in [0.717, 1.165) is 13.0 Å². The zero-order valence-electron chi connectivity index (χ0n) is 15.8. The summed E-state index contributed by atoms with van der Waals surface area (Å²) in [5, 5.41) is 7.12. The number of ether oxygens (including phenoxy) is 1. The summed E-state index contributed by atoms with van der Waals surface area (Å²) in [5.41, 5.74) is -0.0731. The maximum absolute atomic E-state index is 13.0. The smallest absolute Gasteiger partial charge is 0.475 e. The number of halogens is 4. The third-order valence-corrected chi connectivity index (χ3v) is 6.85. The lowest BCUT2D eigenvalue weighted by Crippen LogP contribution is -2.67. The number of hydrogen-bond donors (Lipinski definition) is 1.